The van der Waals surface area contributed by atoms with E-state index in [-0.39, 0.29) is 0 Å². The van der Waals surface area contributed by atoms with Crippen LogP contribution in [0.2, 0.25) is 0 Å². The number of rotatable bonds is 6. The number of nitrogens with one attached hydrogen (secondary N) is 1. The Morgan fingerprint density at radius 1 is 1.27 bits per heavy atom. The van der Waals surface area contributed by atoms with Gasteiger partial charge in [-0.05, 0) is 30.4 Å². The van der Waals surface area contributed by atoms with Gasteiger partial charge in [0.2, 0.25) is 0 Å². The van der Waals surface area contributed by atoms with E-state index in [1.54, 1.807) is 0 Å². The van der Waals surface area contributed by atoms with Crippen LogP contribution in [0.15, 0.2) is 24.3 Å². The zero-order chi connectivity index (χ0) is 11.1. The average molecular weight is 226 g/mol. The highest BCUT2D eigenvalue weighted by atomic mass is 35.5. The molecule has 0 fully saturated rings. The molecule has 0 aliphatic heterocycles. The van der Waals surface area contributed by atoms with E-state index in [0.717, 1.165) is 12.5 Å². The molecule has 0 aromatic heterocycles. The Labute approximate surface area is 97.8 Å². The number of halogens is 1. The lowest BCUT2D eigenvalue weighted by Crippen LogP contribution is -2.04. The van der Waals surface area contributed by atoms with Gasteiger partial charge in [0.05, 0.1) is 0 Å². The Morgan fingerprint density at radius 3 is 2.67 bits per heavy atom. The standard InChI is InChI=1S/C13H20ClN/c1-11(2)6-5-9-15-13-8-4-3-7-12(13)10-14/h3-4,7-8,11,15H,5-6,9-10H2,1-2H3. The van der Waals surface area contributed by atoms with Gasteiger partial charge in [-0.1, -0.05) is 32.0 Å². The minimum Gasteiger partial charge on any atom is -0.385 e. The fourth-order valence-corrected chi connectivity index (χ4v) is 1.78. The van der Waals surface area contributed by atoms with Crippen molar-refractivity contribution in [1.29, 1.82) is 0 Å². The van der Waals surface area contributed by atoms with Gasteiger partial charge < -0.3 is 5.32 Å². The van der Waals surface area contributed by atoms with E-state index in [0.29, 0.717) is 5.88 Å². The van der Waals surface area contributed by atoms with Crippen LogP contribution in [0.4, 0.5) is 5.69 Å². The summed E-state index contributed by atoms with van der Waals surface area (Å²) >= 11 is 5.86. The highest BCUT2D eigenvalue weighted by Crippen LogP contribution is 2.17. The number of benzene rings is 1. The zero-order valence-corrected chi connectivity index (χ0v) is 10.3. The molecule has 0 spiro atoms. The van der Waals surface area contributed by atoms with Crippen molar-refractivity contribution in [1.82, 2.24) is 0 Å². The van der Waals surface area contributed by atoms with Crippen LogP contribution in [-0.4, -0.2) is 6.54 Å². The van der Waals surface area contributed by atoms with E-state index in [1.807, 2.05) is 12.1 Å². The first kappa shape index (κ1) is 12.4. The van der Waals surface area contributed by atoms with E-state index in [4.69, 9.17) is 11.6 Å². The summed E-state index contributed by atoms with van der Waals surface area (Å²) in [7, 11) is 0. The molecule has 1 nitrogen and oxygen atoms in total. The van der Waals surface area contributed by atoms with Crippen molar-refractivity contribution in [3.63, 3.8) is 0 Å². The molecular weight excluding hydrogens is 206 g/mol. The lowest BCUT2D eigenvalue weighted by molar-refractivity contribution is 0.567. The minimum absolute atomic E-state index is 0.577. The molecule has 1 N–H and O–H groups in total. The summed E-state index contributed by atoms with van der Waals surface area (Å²) in [5.74, 6) is 1.36. The monoisotopic (exact) mass is 225 g/mol. The van der Waals surface area contributed by atoms with E-state index in [9.17, 15) is 0 Å². The molecule has 1 aromatic rings. The fourth-order valence-electron chi connectivity index (χ4n) is 1.54. The summed E-state index contributed by atoms with van der Waals surface area (Å²) in [6.45, 7) is 5.55. The number of alkyl halides is 1. The molecule has 0 aliphatic carbocycles. The second kappa shape index (κ2) is 6.73. The second-order valence-corrected chi connectivity index (χ2v) is 4.52. The highest BCUT2D eigenvalue weighted by Gasteiger charge is 1.99. The number of hydrogen-bond donors (Lipinski definition) is 1. The number of hydrogen-bond acceptors (Lipinski definition) is 1. The Hall–Kier alpha value is -0.690. The Bertz CT molecular complexity index is 284. The Morgan fingerprint density at radius 2 is 2.00 bits per heavy atom. The Kier molecular flexibility index (Phi) is 5.56. The molecular formula is C13H20ClN. The third-order valence-corrected chi connectivity index (χ3v) is 2.72. The van der Waals surface area contributed by atoms with Crippen LogP contribution in [0.5, 0.6) is 0 Å². The molecule has 84 valence electrons. The van der Waals surface area contributed by atoms with Gasteiger partial charge in [-0.15, -0.1) is 11.6 Å². The molecule has 0 atom stereocenters. The van der Waals surface area contributed by atoms with Crippen LogP contribution in [-0.2, 0) is 5.88 Å². The lowest BCUT2D eigenvalue weighted by atomic mass is 10.1. The lowest BCUT2D eigenvalue weighted by Gasteiger charge is -2.10. The first-order valence-corrected chi connectivity index (χ1v) is 6.15. The SMILES string of the molecule is CC(C)CCCNc1ccccc1CCl. The van der Waals surface area contributed by atoms with Crippen molar-refractivity contribution in [2.24, 2.45) is 5.92 Å². The van der Waals surface area contributed by atoms with Gasteiger partial charge in [0.15, 0.2) is 0 Å². The quantitative estimate of drug-likeness (QED) is 0.563. The largest absolute Gasteiger partial charge is 0.385 e. The van der Waals surface area contributed by atoms with Gasteiger partial charge in [0, 0.05) is 18.1 Å². The molecule has 0 amide bonds. The molecule has 1 rings (SSSR count). The summed E-state index contributed by atoms with van der Waals surface area (Å²) in [4.78, 5) is 0. The molecule has 0 radical (unpaired) electrons. The van der Waals surface area contributed by atoms with E-state index in [1.165, 1.54) is 24.1 Å². The normalized spacial score (nSPS) is 10.7. The van der Waals surface area contributed by atoms with Crippen molar-refractivity contribution < 1.29 is 0 Å². The van der Waals surface area contributed by atoms with Crippen LogP contribution in [0.3, 0.4) is 0 Å². The number of para-hydroxylation sites is 1. The predicted octanol–water partition coefficient (Wildman–Crippen LogP) is 4.27. The first-order chi connectivity index (χ1) is 7.24. The van der Waals surface area contributed by atoms with Crippen LogP contribution >= 0.6 is 11.6 Å². The van der Waals surface area contributed by atoms with Gasteiger partial charge in [0.1, 0.15) is 0 Å². The average Bonchev–Trinajstić information content (AvgIpc) is 2.24. The second-order valence-electron chi connectivity index (χ2n) is 4.25. The summed E-state index contributed by atoms with van der Waals surface area (Å²) < 4.78 is 0. The molecule has 1 aromatic carbocycles. The minimum atomic E-state index is 0.577. The number of anilines is 1. The first-order valence-electron chi connectivity index (χ1n) is 5.61. The zero-order valence-electron chi connectivity index (χ0n) is 9.59. The molecule has 0 saturated heterocycles. The maximum atomic E-state index is 5.86. The Balaban J connectivity index is 2.36. The van der Waals surface area contributed by atoms with E-state index in [2.05, 4.69) is 31.3 Å². The smallest absolute Gasteiger partial charge is 0.0494 e. The molecule has 0 aliphatic rings. The van der Waals surface area contributed by atoms with Crippen molar-refractivity contribution in [2.45, 2.75) is 32.6 Å². The van der Waals surface area contributed by atoms with Gasteiger partial charge in [-0.25, -0.2) is 0 Å². The molecule has 0 saturated carbocycles. The van der Waals surface area contributed by atoms with Gasteiger partial charge >= 0.3 is 0 Å². The maximum absolute atomic E-state index is 5.86. The van der Waals surface area contributed by atoms with Gasteiger partial charge in [0.25, 0.3) is 0 Å². The van der Waals surface area contributed by atoms with Gasteiger partial charge in [-0.2, -0.15) is 0 Å². The molecule has 0 bridgehead atoms. The van der Waals surface area contributed by atoms with E-state index >= 15 is 0 Å². The topological polar surface area (TPSA) is 12.0 Å². The van der Waals surface area contributed by atoms with Crippen molar-refractivity contribution in [3.8, 4) is 0 Å². The van der Waals surface area contributed by atoms with Crippen molar-refractivity contribution >= 4 is 17.3 Å². The molecule has 2 heteroatoms. The van der Waals surface area contributed by atoms with Crippen molar-refractivity contribution in [3.05, 3.63) is 29.8 Å². The van der Waals surface area contributed by atoms with Crippen LogP contribution in [0.25, 0.3) is 0 Å². The van der Waals surface area contributed by atoms with Gasteiger partial charge in [-0.3, -0.25) is 0 Å². The predicted molar refractivity (Wildman–Crippen MR) is 68.6 cm³/mol. The van der Waals surface area contributed by atoms with Crippen LogP contribution in [0, 0.1) is 5.92 Å². The van der Waals surface area contributed by atoms with Crippen LogP contribution < -0.4 is 5.32 Å². The highest BCUT2D eigenvalue weighted by molar-refractivity contribution is 6.17. The summed E-state index contributed by atoms with van der Waals surface area (Å²) in [6.07, 6.45) is 2.49. The summed E-state index contributed by atoms with van der Waals surface area (Å²) in [5, 5.41) is 3.44. The van der Waals surface area contributed by atoms with Crippen LogP contribution in [0.1, 0.15) is 32.3 Å². The maximum Gasteiger partial charge on any atom is 0.0494 e. The third kappa shape index (κ3) is 4.57. The fraction of sp³-hybridized carbons (Fsp3) is 0.538. The summed E-state index contributed by atoms with van der Waals surface area (Å²) in [5.41, 5.74) is 2.36. The van der Waals surface area contributed by atoms with E-state index < -0.39 is 0 Å². The van der Waals surface area contributed by atoms with Crippen molar-refractivity contribution in [2.75, 3.05) is 11.9 Å². The molecule has 0 heterocycles. The molecule has 15 heavy (non-hydrogen) atoms. The third-order valence-electron chi connectivity index (χ3n) is 2.44. The molecule has 0 unspecified atom stereocenters. The summed E-state index contributed by atoms with van der Waals surface area (Å²) in [6, 6.07) is 8.22.